The van der Waals surface area contributed by atoms with E-state index in [1.54, 1.807) is 6.08 Å². The molecule has 19 heteroatoms. The summed E-state index contributed by atoms with van der Waals surface area (Å²) >= 11 is 5.82. The molecule has 142 heavy (non-hydrogen) atoms. The van der Waals surface area contributed by atoms with Crippen LogP contribution in [0.25, 0.3) is 44.5 Å². The number of benzene rings is 11. The van der Waals surface area contributed by atoms with E-state index in [2.05, 4.69) is 302 Å². The zero-order valence-corrected chi connectivity index (χ0v) is 79.6. The highest BCUT2D eigenvalue weighted by atomic mass is 32.2. The highest BCUT2D eigenvalue weighted by molar-refractivity contribution is 8.04. The lowest BCUT2D eigenvalue weighted by Gasteiger charge is -2.40. The van der Waals surface area contributed by atoms with Crippen LogP contribution in [-0.2, 0) is 38.4 Å². The molecule has 0 spiro atoms. The van der Waals surface area contributed by atoms with Gasteiger partial charge in [-0.25, -0.2) is 4.98 Å². The Balaban J connectivity index is 0.0000000995. The summed E-state index contributed by atoms with van der Waals surface area (Å²) in [6.45, 7) is 0. The molecule has 9 heterocycles. The summed E-state index contributed by atoms with van der Waals surface area (Å²) in [5, 5.41) is 6.39. The van der Waals surface area contributed by atoms with Gasteiger partial charge in [-0.2, -0.15) is 0 Å². The van der Waals surface area contributed by atoms with Gasteiger partial charge in [-0.15, -0.1) is 47.0 Å². The van der Waals surface area contributed by atoms with Gasteiger partial charge in [-0.3, -0.25) is 43.3 Å². The lowest BCUT2D eigenvalue weighted by atomic mass is 9.95. The minimum Gasteiger partial charge on any atom is -0.313 e. The van der Waals surface area contributed by atoms with Gasteiger partial charge in [0.2, 0.25) is 0 Å². The first-order valence-corrected chi connectivity index (χ1v) is 51.4. The number of ketones is 8. The Hall–Kier alpha value is -16.0. The summed E-state index contributed by atoms with van der Waals surface area (Å²) in [7, 11) is 0. The average molecular weight is 1920 g/mol. The van der Waals surface area contributed by atoms with Crippen LogP contribution in [0, 0.1) is 23.7 Å². The molecule has 0 amide bonds. The highest BCUT2D eigenvalue weighted by Crippen LogP contribution is 2.59. The van der Waals surface area contributed by atoms with Gasteiger partial charge in [0.25, 0.3) is 0 Å². The molecule has 0 bridgehead atoms. The Morgan fingerprint density at radius 3 is 0.732 bits per heavy atom. The number of para-hydroxylation sites is 12. The first-order valence-electron chi connectivity index (χ1n) is 47.6. The maximum atomic E-state index is 12.9. The van der Waals surface area contributed by atoms with Crippen molar-refractivity contribution in [3.05, 3.63) is 484 Å². The number of aromatic nitrogens is 1. The van der Waals surface area contributed by atoms with Crippen LogP contribution < -0.4 is 29.4 Å². The van der Waals surface area contributed by atoms with E-state index in [-0.39, 0.29) is 90.9 Å². The molecule has 0 saturated heterocycles. The van der Waals surface area contributed by atoms with Gasteiger partial charge in [0, 0.05) is 88.3 Å². The Labute approximate surface area is 837 Å². The number of carbonyl (C=O) groups is 8. The van der Waals surface area contributed by atoms with Crippen LogP contribution in [0.5, 0.6) is 0 Å². The predicted octanol–water partition coefficient (Wildman–Crippen LogP) is 27.7. The Morgan fingerprint density at radius 2 is 0.444 bits per heavy atom. The van der Waals surface area contributed by atoms with E-state index < -0.39 is 0 Å². The lowest BCUT2D eigenvalue weighted by molar-refractivity contribution is -0.118. The summed E-state index contributed by atoms with van der Waals surface area (Å²) in [5.74, 6) is -0.717. The summed E-state index contributed by atoms with van der Waals surface area (Å²) < 4.78 is 0. The molecule has 0 radical (unpaired) electrons. The molecule has 8 atom stereocenters. The van der Waals surface area contributed by atoms with Crippen molar-refractivity contribution in [3.8, 4) is 44.5 Å². The van der Waals surface area contributed by atoms with E-state index in [1.165, 1.54) is 91.6 Å². The number of pyridine rings is 1. The van der Waals surface area contributed by atoms with E-state index in [4.69, 9.17) is 4.98 Å². The second kappa shape index (κ2) is 36.3. The van der Waals surface area contributed by atoms with Crippen LogP contribution in [0.3, 0.4) is 0 Å². The van der Waals surface area contributed by atoms with Gasteiger partial charge < -0.3 is 24.5 Å². The molecule has 0 N–H and O–H groups in total. The van der Waals surface area contributed by atoms with Gasteiger partial charge >= 0.3 is 0 Å². The Kier molecular flexibility index (Phi) is 22.4. The lowest BCUT2D eigenvalue weighted by Crippen LogP contribution is -2.27. The quantitative estimate of drug-likeness (QED) is 0.0935. The molecule has 1 aromatic heterocycles. The van der Waals surface area contributed by atoms with Gasteiger partial charge in [0.15, 0.2) is 52.1 Å². The molecule has 684 valence electrons. The van der Waals surface area contributed by atoms with Crippen molar-refractivity contribution in [2.75, 3.05) is 29.4 Å². The van der Waals surface area contributed by atoms with Gasteiger partial charge in [-0.1, -0.05) is 243 Å². The zero-order chi connectivity index (χ0) is 95.5. The van der Waals surface area contributed by atoms with E-state index in [9.17, 15) is 38.4 Å². The minimum atomic E-state index is -0.308. The molecule has 8 unspecified atom stereocenters. The largest absolute Gasteiger partial charge is 0.313 e. The van der Waals surface area contributed by atoms with E-state index >= 15 is 0 Å². The summed E-state index contributed by atoms with van der Waals surface area (Å²) in [4.78, 5) is 121. The van der Waals surface area contributed by atoms with Crippen molar-refractivity contribution in [2.45, 2.75) is 46.7 Å². The fraction of sp³-hybridized carbons (Fsp3) is 0.0976. The molecular weight excluding hydrogens is 1830 g/mol. The number of rotatable bonds is 10. The zero-order valence-electron chi connectivity index (χ0n) is 76.3. The standard InChI is InChI=1S/C31H22N2O2S.2C31H21NO2S.C30H21N3O2S/c34-29-23-16-17-36-31(23)30(35)24(29)19-20-14-15-22(18-20)33-27-12-6-4-10-25(27)32(21-8-2-1-3-9-21)26-11-5-7-13-28(26)33;2*33-29-25-15-16-35-31(25)30(34)26(29)18-19-13-14-20(17-19)32-27-11-5-3-9-23(27)21-7-1-2-8-22(21)24-10-4-6-12-28(24)32;34-27-22-14-16-36-29(22)28(35)23(27)18-19-12-13-21(17-19)33-25-10-5-4-9-24(25)32(20-7-2-1-3-8-20)26-11-6-15-31-30(26)33/h1-17,19,23,31H,18H2;2*1-16,18,25,31H,17H2;1-16,18,22,29H,17H2/b24-19+;2*26-18+;23-18+. The number of thioether (sulfide) groups is 4. The fourth-order valence-corrected chi connectivity index (χ4v) is 26.4. The number of hydrogen-bond donors (Lipinski definition) is 0. The third-order valence-corrected chi connectivity index (χ3v) is 33.1. The minimum absolute atomic E-state index is 0.0368. The van der Waals surface area contributed by atoms with Crippen molar-refractivity contribution in [3.63, 3.8) is 0 Å². The number of anilines is 14. The average Bonchev–Trinajstić information content (AvgIpc) is 0.876. The molecule has 16 aliphatic rings. The molecule has 4 fully saturated rings. The van der Waals surface area contributed by atoms with Crippen molar-refractivity contribution >= 4 is 173 Å². The first kappa shape index (κ1) is 87.5. The molecule has 15 nitrogen and oxygen atoms in total. The molecular formula is C123H85N7O8S4. The first-order chi connectivity index (χ1) is 69.8. The fourth-order valence-electron chi connectivity index (χ4n) is 22.1. The predicted molar refractivity (Wildman–Crippen MR) is 575 cm³/mol. The summed E-state index contributed by atoms with van der Waals surface area (Å²) in [6.07, 6.45) is 35.7. The molecule has 12 aromatic rings. The van der Waals surface area contributed by atoms with Crippen molar-refractivity contribution in [1.29, 1.82) is 0 Å². The maximum absolute atomic E-state index is 12.9. The SMILES string of the molecule is O=C1/C(=C\C2=CC=C(N3c4ccccc4-c4ccccc4-c4ccccc43)C2)C(=O)C2SC=CC12.O=C1/C(=C\C2=CC=C(N3c4ccccc4-c4ccccc4-c4ccccc43)C2)C(=O)C2SC=CC12.O=C1/C(=C\C2=CC=C(N3c4ccccc4N(c4ccccc4)c4ccccc43)C2)C(=O)C2SC=CC12.O=C1/C(=C\C2=CC=C(N3c4ccccc4N(c4ccccc4)c4cccnc43)C2)C(=O)C2SC=CC12. The maximum Gasteiger partial charge on any atom is 0.180 e. The molecule has 4 saturated carbocycles. The molecule has 8 aliphatic heterocycles. The monoisotopic (exact) mass is 1920 g/mol. The summed E-state index contributed by atoms with van der Waals surface area (Å²) in [5.41, 5.74) is 33.5. The van der Waals surface area contributed by atoms with Crippen LogP contribution in [0.1, 0.15) is 25.7 Å². The second-order valence-corrected chi connectivity index (χ2v) is 41.0. The van der Waals surface area contributed by atoms with Crippen LogP contribution in [0.4, 0.5) is 79.8 Å². The normalized spacial score (nSPS) is 23.0. The number of allylic oxidation sites excluding steroid dienone is 24. The third kappa shape index (κ3) is 15.0. The number of fused-ring (bicyclic) bond motifs is 18. The topological polar surface area (TPSA) is 169 Å². The Morgan fingerprint density at radius 1 is 0.218 bits per heavy atom. The van der Waals surface area contributed by atoms with E-state index in [0.717, 1.165) is 125 Å². The highest BCUT2D eigenvalue weighted by Gasteiger charge is 2.51. The van der Waals surface area contributed by atoms with E-state index in [0.29, 0.717) is 48.0 Å². The second-order valence-electron chi connectivity index (χ2n) is 36.8. The molecule has 8 aliphatic carbocycles. The number of Topliss-reactive ketones (excluding diaryl/α,β-unsaturated/α-hetero) is 8. The van der Waals surface area contributed by atoms with Crippen LogP contribution >= 0.6 is 47.0 Å². The van der Waals surface area contributed by atoms with Crippen LogP contribution in [0.2, 0.25) is 0 Å². The van der Waals surface area contributed by atoms with Crippen molar-refractivity contribution in [1.82, 2.24) is 4.98 Å². The number of carbonyl (C=O) groups excluding carboxylic acids is 8. The third-order valence-electron chi connectivity index (χ3n) is 28.6. The van der Waals surface area contributed by atoms with Gasteiger partial charge in [0.1, 0.15) is 0 Å². The van der Waals surface area contributed by atoms with Crippen molar-refractivity contribution in [2.24, 2.45) is 23.7 Å². The van der Waals surface area contributed by atoms with Gasteiger partial charge in [0.05, 0.1) is 130 Å². The number of nitrogens with zero attached hydrogens (tertiary/aromatic N) is 7. The van der Waals surface area contributed by atoms with Crippen LogP contribution in [0.15, 0.2) is 484 Å². The smallest absolute Gasteiger partial charge is 0.180 e. The van der Waals surface area contributed by atoms with E-state index in [1.807, 2.05) is 137 Å². The van der Waals surface area contributed by atoms with Crippen LogP contribution in [-0.4, -0.2) is 72.2 Å². The number of hydrogen-bond acceptors (Lipinski definition) is 19. The Bertz CT molecular complexity index is 7400. The molecule has 28 rings (SSSR count). The van der Waals surface area contributed by atoms with Crippen molar-refractivity contribution < 1.29 is 38.4 Å². The summed E-state index contributed by atoms with van der Waals surface area (Å²) in [6, 6.07) is 101. The molecule has 11 aromatic carbocycles. The van der Waals surface area contributed by atoms with Gasteiger partial charge in [-0.05, 0) is 212 Å².